The molecule has 0 aliphatic rings. The molecule has 2 aromatic heterocycles. The van der Waals surface area contributed by atoms with Gasteiger partial charge in [-0.25, -0.2) is 9.97 Å². The Morgan fingerprint density at radius 1 is 1.43 bits per heavy atom. The maximum atomic E-state index is 5.37. The zero-order valence-electron chi connectivity index (χ0n) is 7.21. The number of nitrogen functional groups attached to an aromatic ring is 1. The molecule has 0 saturated heterocycles. The monoisotopic (exact) mass is 192 g/mol. The SMILES string of the molecule is Nc1ncnc(NCc2ccon2)n1. The van der Waals surface area contributed by atoms with Crippen LogP contribution in [0.25, 0.3) is 0 Å². The van der Waals surface area contributed by atoms with E-state index in [1.807, 2.05) is 0 Å². The summed E-state index contributed by atoms with van der Waals surface area (Å²) >= 11 is 0. The van der Waals surface area contributed by atoms with Crippen molar-refractivity contribution in [2.45, 2.75) is 6.54 Å². The molecule has 0 spiro atoms. The van der Waals surface area contributed by atoms with Crippen LogP contribution in [0.2, 0.25) is 0 Å². The lowest BCUT2D eigenvalue weighted by Gasteiger charge is -2.00. The molecule has 0 bridgehead atoms. The number of aromatic nitrogens is 4. The second kappa shape index (κ2) is 3.69. The maximum Gasteiger partial charge on any atom is 0.227 e. The van der Waals surface area contributed by atoms with E-state index in [0.29, 0.717) is 12.5 Å². The summed E-state index contributed by atoms with van der Waals surface area (Å²) in [4.78, 5) is 11.4. The van der Waals surface area contributed by atoms with Crippen LogP contribution in [0.1, 0.15) is 5.69 Å². The molecule has 0 radical (unpaired) electrons. The lowest BCUT2D eigenvalue weighted by Crippen LogP contribution is -2.06. The third-order valence-corrected chi connectivity index (χ3v) is 1.51. The van der Waals surface area contributed by atoms with Crippen molar-refractivity contribution in [1.82, 2.24) is 20.1 Å². The van der Waals surface area contributed by atoms with Crippen LogP contribution >= 0.6 is 0 Å². The van der Waals surface area contributed by atoms with Crippen molar-refractivity contribution >= 4 is 11.9 Å². The van der Waals surface area contributed by atoms with Gasteiger partial charge in [0.25, 0.3) is 0 Å². The van der Waals surface area contributed by atoms with Crippen molar-refractivity contribution in [2.75, 3.05) is 11.1 Å². The van der Waals surface area contributed by atoms with E-state index in [4.69, 9.17) is 5.73 Å². The number of rotatable bonds is 3. The average molecular weight is 192 g/mol. The van der Waals surface area contributed by atoms with Gasteiger partial charge in [-0.1, -0.05) is 5.16 Å². The van der Waals surface area contributed by atoms with Crippen LogP contribution < -0.4 is 11.1 Å². The maximum absolute atomic E-state index is 5.37. The quantitative estimate of drug-likeness (QED) is 0.708. The smallest absolute Gasteiger partial charge is 0.227 e. The van der Waals surface area contributed by atoms with Crippen LogP contribution in [-0.4, -0.2) is 20.1 Å². The summed E-state index contributed by atoms with van der Waals surface area (Å²) in [5, 5.41) is 6.64. The Labute approximate surface area is 79.4 Å². The number of hydrogen-bond acceptors (Lipinski definition) is 7. The minimum absolute atomic E-state index is 0.183. The van der Waals surface area contributed by atoms with E-state index in [1.165, 1.54) is 12.6 Å². The minimum atomic E-state index is 0.183. The van der Waals surface area contributed by atoms with Gasteiger partial charge in [0.1, 0.15) is 18.3 Å². The van der Waals surface area contributed by atoms with E-state index >= 15 is 0 Å². The molecule has 0 atom stereocenters. The van der Waals surface area contributed by atoms with E-state index in [2.05, 4.69) is 29.9 Å². The molecule has 0 unspecified atom stereocenters. The van der Waals surface area contributed by atoms with Gasteiger partial charge in [0.05, 0.1) is 6.54 Å². The first kappa shape index (κ1) is 8.42. The Bertz CT molecular complexity index is 400. The van der Waals surface area contributed by atoms with E-state index in [0.717, 1.165) is 5.69 Å². The average Bonchev–Trinajstić information content (AvgIpc) is 2.67. The van der Waals surface area contributed by atoms with Gasteiger partial charge in [0, 0.05) is 6.07 Å². The summed E-state index contributed by atoms with van der Waals surface area (Å²) in [6.45, 7) is 0.486. The first-order chi connectivity index (χ1) is 6.84. The molecule has 7 heteroatoms. The van der Waals surface area contributed by atoms with Crippen LogP contribution in [0.3, 0.4) is 0 Å². The molecule has 0 aromatic carbocycles. The number of nitrogens with zero attached hydrogens (tertiary/aromatic N) is 4. The van der Waals surface area contributed by atoms with Crippen molar-refractivity contribution in [3.05, 3.63) is 24.4 Å². The van der Waals surface area contributed by atoms with E-state index in [-0.39, 0.29) is 5.95 Å². The topological polar surface area (TPSA) is 103 Å². The second-order valence-corrected chi connectivity index (χ2v) is 2.51. The molecule has 0 aliphatic carbocycles. The molecule has 14 heavy (non-hydrogen) atoms. The van der Waals surface area contributed by atoms with Crippen LogP contribution in [0.15, 0.2) is 23.2 Å². The molecule has 3 N–H and O–H groups in total. The fourth-order valence-corrected chi connectivity index (χ4v) is 0.892. The molecule has 0 saturated carbocycles. The molecular weight excluding hydrogens is 184 g/mol. The normalized spacial score (nSPS) is 10.0. The van der Waals surface area contributed by atoms with Gasteiger partial charge in [0.2, 0.25) is 11.9 Å². The van der Waals surface area contributed by atoms with E-state index < -0.39 is 0 Å². The fourth-order valence-electron chi connectivity index (χ4n) is 0.892. The molecule has 2 heterocycles. The molecule has 72 valence electrons. The van der Waals surface area contributed by atoms with Crippen molar-refractivity contribution in [1.29, 1.82) is 0 Å². The standard InChI is InChI=1S/C7H8N6O/c8-6-10-4-11-7(12-6)9-3-5-1-2-14-13-5/h1-2,4H,3H2,(H3,8,9,10,11,12). The van der Waals surface area contributed by atoms with Crippen LogP contribution in [-0.2, 0) is 6.54 Å². The highest BCUT2D eigenvalue weighted by Gasteiger charge is 1.99. The Morgan fingerprint density at radius 2 is 2.36 bits per heavy atom. The lowest BCUT2D eigenvalue weighted by atomic mass is 10.4. The predicted octanol–water partition coefficient (Wildman–Crippen LogP) is 0.0539. The molecule has 7 nitrogen and oxygen atoms in total. The Balaban J connectivity index is 1.98. The van der Waals surface area contributed by atoms with Gasteiger partial charge in [-0.05, 0) is 0 Å². The van der Waals surface area contributed by atoms with E-state index in [1.54, 1.807) is 6.07 Å². The third-order valence-electron chi connectivity index (χ3n) is 1.51. The highest BCUT2D eigenvalue weighted by atomic mass is 16.5. The highest BCUT2D eigenvalue weighted by Crippen LogP contribution is 2.01. The van der Waals surface area contributed by atoms with Crippen molar-refractivity contribution in [2.24, 2.45) is 0 Å². The zero-order valence-corrected chi connectivity index (χ0v) is 7.21. The molecule has 0 amide bonds. The Hall–Kier alpha value is -2.18. The number of nitrogens with two attached hydrogens (primary N) is 1. The van der Waals surface area contributed by atoms with Gasteiger partial charge in [-0.15, -0.1) is 0 Å². The van der Waals surface area contributed by atoms with Crippen molar-refractivity contribution in [3.63, 3.8) is 0 Å². The Morgan fingerprint density at radius 3 is 3.07 bits per heavy atom. The van der Waals surface area contributed by atoms with Gasteiger partial charge in [-0.3, -0.25) is 0 Å². The summed E-state index contributed by atoms with van der Waals surface area (Å²) in [7, 11) is 0. The highest BCUT2D eigenvalue weighted by molar-refractivity contribution is 5.29. The third kappa shape index (κ3) is 1.94. The first-order valence-electron chi connectivity index (χ1n) is 3.92. The van der Waals surface area contributed by atoms with Gasteiger partial charge >= 0.3 is 0 Å². The minimum Gasteiger partial charge on any atom is -0.368 e. The van der Waals surface area contributed by atoms with Crippen molar-refractivity contribution < 1.29 is 4.52 Å². The molecule has 0 fully saturated rings. The summed E-state index contributed by atoms with van der Waals surface area (Å²) in [6.07, 6.45) is 2.84. The summed E-state index contributed by atoms with van der Waals surface area (Å²) < 4.78 is 4.66. The summed E-state index contributed by atoms with van der Waals surface area (Å²) in [6, 6.07) is 1.75. The van der Waals surface area contributed by atoms with Crippen molar-refractivity contribution in [3.8, 4) is 0 Å². The van der Waals surface area contributed by atoms with Crippen LogP contribution in [0, 0.1) is 0 Å². The first-order valence-corrected chi connectivity index (χ1v) is 3.92. The predicted molar refractivity (Wildman–Crippen MR) is 48.1 cm³/mol. The number of hydrogen-bond donors (Lipinski definition) is 2. The van der Waals surface area contributed by atoms with Gasteiger partial charge < -0.3 is 15.6 Å². The van der Waals surface area contributed by atoms with Crippen LogP contribution in [0.5, 0.6) is 0 Å². The van der Waals surface area contributed by atoms with Gasteiger partial charge in [-0.2, -0.15) is 4.98 Å². The number of anilines is 2. The Kier molecular flexibility index (Phi) is 2.22. The number of nitrogens with one attached hydrogen (secondary N) is 1. The molecule has 2 aromatic rings. The van der Waals surface area contributed by atoms with Crippen LogP contribution in [0.4, 0.5) is 11.9 Å². The molecule has 2 rings (SSSR count). The van der Waals surface area contributed by atoms with Gasteiger partial charge in [0.15, 0.2) is 0 Å². The molecular formula is C7H8N6O. The second-order valence-electron chi connectivity index (χ2n) is 2.51. The summed E-state index contributed by atoms with van der Waals surface area (Å²) in [5.41, 5.74) is 6.14. The lowest BCUT2D eigenvalue weighted by molar-refractivity contribution is 0.412. The van der Waals surface area contributed by atoms with E-state index in [9.17, 15) is 0 Å². The largest absolute Gasteiger partial charge is 0.368 e. The molecule has 0 aliphatic heterocycles. The zero-order chi connectivity index (χ0) is 9.80. The summed E-state index contributed by atoms with van der Waals surface area (Å²) in [5.74, 6) is 0.600. The fraction of sp³-hybridized carbons (Fsp3) is 0.143.